The minimum atomic E-state index is -0.678. The number of amides is 1. The zero-order valence-corrected chi connectivity index (χ0v) is 15.0. The van der Waals surface area contributed by atoms with E-state index in [4.69, 9.17) is 39.5 Å². The van der Waals surface area contributed by atoms with Crippen molar-refractivity contribution in [1.82, 2.24) is 5.32 Å². The van der Waals surface area contributed by atoms with E-state index in [-0.39, 0.29) is 12.5 Å². The normalized spacial score (nSPS) is 12.4. The lowest BCUT2D eigenvalue weighted by molar-refractivity contribution is -0.127. The molecule has 0 aliphatic carbocycles. The summed E-state index contributed by atoms with van der Waals surface area (Å²) in [4.78, 5) is 12.3. The van der Waals surface area contributed by atoms with Crippen molar-refractivity contribution in [2.75, 3.05) is 6.54 Å². The van der Waals surface area contributed by atoms with Gasteiger partial charge in [0.05, 0.1) is 5.02 Å². The maximum atomic E-state index is 12.3. The highest BCUT2D eigenvalue weighted by molar-refractivity contribution is 6.35. The average molecular weight is 375 g/mol. The van der Waals surface area contributed by atoms with Gasteiger partial charge in [0.15, 0.2) is 6.10 Å². The average Bonchev–Trinajstić information content (AvgIpc) is 2.50. The van der Waals surface area contributed by atoms with Gasteiger partial charge in [-0.25, -0.2) is 0 Å². The van der Waals surface area contributed by atoms with Crippen LogP contribution in [-0.4, -0.2) is 18.6 Å². The number of ether oxygens (including phenoxy) is 1. The van der Waals surface area contributed by atoms with Gasteiger partial charge in [-0.15, -0.1) is 0 Å². The number of carbonyl (C=O) groups is 1. The Morgan fingerprint density at radius 1 is 1.43 bits per heavy atom. The lowest BCUT2D eigenvalue weighted by Crippen LogP contribution is -2.39. The van der Waals surface area contributed by atoms with Crippen LogP contribution in [0.1, 0.15) is 13.3 Å². The summed E-state index contributed by atoms with van der Waals surface area (Å²) in [7, 11) is 0. The number of halogens is 3. The maximum Gasteiger partial charge on any atom is 0.261 e. The molecular formula is C17H18Cl3NO2. The van der Waals surface area contributed by atoms with Crippen molar-refractivity contribution in [3.63, 3.8) is 0 Å². The summed E-state index contributed by atoms with van der Waals surface area (Å²) in [5.74, 6) is 0.132. The van der Waals surface area contributed by atoms with Crippen molar-refractivity contribution in [3.8, 4) is 5.75 Å². The van der Waals surface area contributed by atoms with Crippen molar-refractivity contribution in [2.45, 2.75) is 19.4 Å². The Balaban J connectivity index is 2.73. The van der Waals surface area contributed by atoms with Crippen LogP contribution in [0.3, 0.4) is 0 Å². The fourth-order valence-corrected chi connectivity index (χ4v) is 2.31. The van der Waals surface area contributed by atoms with Crippen LogP contribution in [0.5, 0.6) is 5.75 Å². The summed E-state index contributed by atoms with van der Waals surface area (Å²) >= 11 is 17.8. The largest absolute Gasteiger partial charge is 0.479 e. The monoisotopic (exact) mass is 373 g/mol. The Hall–Kier alpha value is -1.42. The van der Waals surface area contributed by atoms with E-state index in [9.17, 15) is 4.79 Å². The Kier molecular flexibility index (Phi) is 8.24. The maximum absolute atomic E-state index is 12.3. The van der Waals surface area contributed by atoms with Crippen LogP contribution < -0.4 is 10.1 Å². The first-order chi connectivity index (χ1) is 10.9. The van der Waals surface area contributed by atoms with Gasteiger partial charge in [-0.1, -0.05) is 67.0 Å². The number of carbonyl (C=O) groups excluding carboxylic acids is 1. The van der Waals surface area contributed by atoms with E-state index in [0.717, 1.165) is 0 Å². The molecule has 0 heterocycles. The molecule has 0 bridgehead atoms. The predicted octanol–water partition coefficient (Wildman–Crippen LogP) is 5.13. The standard InChI is InChI=1S/C17H18Cl3NO2/c1-4-6-12(11(3)18)10-21-17(22)15(5-2)23-16-8-7-13(19)9-14(16)20/h4,6-9,15H,1,3,5,10H2,2H3,(H,21,22)/b12-6-. The first-order valence-electron chi connectivity index (χ1n) is 6.94. The molecule has 0 radical (unpaired) electrons. The molecule has 0 saturated heterocycles. The van der Waals surface area contributed by atoms with Crippen LogP contribution in [0.4, 0.5) is 0 Å². The molecule has 0 spiro atoms. The van der Waals surface area contributed by atoms with Crippen molar-refractivity contribution in [2.24, 2.45) is 0 Å². The van der Waals surface area contributed by atoms with Gasteiger partial charge < -0.3 is 10.1 Å². The molecule has 1 rings (SSSR count). The molecule has 0 aliphatic heterocycles. The van der Waals surface area contributed by atoms with E-state index in [2.05, 4.69) is 18.5 Å². The summed E-state index contributed by atoms with van der Waals surface area (Å²) in [6.07, 6.45) is 3.07. The first-order valence-corrected chi connectivity index (χ1v) is 8.08. The fourth-order valence-electron chi connectivity index (χ4n) is 1.73. The van der Waals surface area contributed by atoms with Gasteiger partial charge in [-0.3, -0.25) is 4.79 Å². The zero-order chi connectivity index (χ0) is 17.4. The van der Waals surface area contributed by atoms with Crippen molar-refractivity contribution in [1.29, 1.82) is 0 Å². The van der Waals surface area contributed by atoms with Crippen LogP contribution in [0, 0.1) is 0 Å². The lowest BCUT2D eigenvalue weighted by atomic mass is 10.2. The molecule has 0 saturated carbocycles. The van der Waals surface area contributed by atoms with E-state index in [1.165, 1.54) is 0 Å². The summed E-state index contributed by atoms with van der Waals surface area (Å²) in [5, 5.41) is 3.96. The molecule has 124 valence electrons. The van der Waals surface area contributed by atoms with E-state index in [1.807, 2.05) is 6.92 Å². The molecule has 3 nitrogen and oxygen atoms in total. The van der Waals surface area contributed by atoms with Gasteiger partial charge in [-0.05, 0) is 30.2 Å². The second kappa shape index (κ2) is 9.66. The Morgan fingerprint density at radius 2 is 2.13 bits per heavy atom. The molecular weight excluding hydrogens is 357 g/mol. The quantitative estimate of drug-likeness (QED) is 0.640. The highest BCUT2D eigenvalue weighted by atomic mass is 35.5. The van der Waals surface area contributed by atoms with Gasteiger partial charge in [0.25, 0.3) is 5.91 Å². The molecule has 1 aromatic carbocycles. The zero-order valence-electron chi connectivity index (χ0n) is 12.7. The van der Waals surface area contributed by atoms with Crippen LogP contribution >= 0.6 is 34.8 Å². The molecule has 1 aromatic rings. The molecule has 1 amide bonds. The van der Waals surface area contributed by atoms with Gasteiger partial charge in [0, 0.05) is 16.6 Å². The summed E-state index contributed by atoms with van der Waals surface area (Å²) in [5.41, 5.74) is 0.675. The number of allylic oxidation sites excluding steroid dienone is 2. The predicted molar refractivity (Wildman–Crippen MR) is 97.5 cm³/mol. The van der Waals surface area contributed by atoms with Crippen molar-refractivity contribution >= 4 is 40.7 Å². The van der Waals surface area contributed by atoms with Gasteiger partial charge in [0.2, 0.25) is 0 Å². The SMILES string of the molecule is C=C/C=C(/CNC(=O)C(CC)Oc1ccc(Cl)cc1Cl)C(=C)Cl. The van der Waals surface area contributed by atoms with Gasteiger partial charge >= 0.3 is 0 Å². The lowest BCUT2D eigenvalue weighted by Gasteiger charge is -2.18. The molecule has 1 atom stereocenters. The third kappa shape index (κ3) is 6.30. The number of nitrogens with one attached hydrogen (secondary N) is 1. The molecule has 1 N–H and O–H groups in total. The third-order valence-corrected chi connectivity index (χ3v) is 3.72. The van der Waals surface area contributed by atoms with Crippen molar-refractivity contribution in [3.05, 3.63) is 64.2 Å². The molecule has 1 unspecified atom stereocenters. The molecule has 0 aromatic heterocycles. The number of rotatable bonds is 8. The van der Waals surface area contributed by atoms with Gasteiger partial charge in [0.1, 0.15) is 5.75 Å². The topological polar surface area (TPSA) is 38.3 Å². The third-order valence-electron chi connectivity index (χ3n) is 2.95. The minimum absolute atomic E-state index is 0.237. The molecule has 23 heavy (non-hydrogen) atoms. The van der Waals surface area contributed by atoms with E-state index < -0.39 is 6.10 Å². The van der Waals surface area contributed by atoms with Crippen LogP contribution in [-0.2, 0) is 4.79 Å². The Bertz CT molecular complexity index is 626. The Morgan fingerprint density at radius 3 is 2.65 bits per heavy atom. The molecule has 0 fully saturated rings. The Labute approximate surface area is 151 Å². The van der Waals surface area contributed by atoms with Crippen LogP contribution in [0.2, 0.25) is 10.0 Å². The van der Waals surface area contributed by atoms with Crippen LogP contribution in [0.25, 0.3) is 0 Å². The summed E-state index contributed by atoms with van der Waals surface area (Å²) in [6, 6.07) is 4.84. The summed E-state index contributed by atoms with van der Waals surface area (Å²) < 4.78 is 5.67. The van der Waals surface area contributed by atoms with E-state index in [1.54, 1.807) is 30.4 Å². The second-order valence-corrected chi connectivity index (χ2v) is 5.94. The van der Waals surface area contributed by atoms with E-state index in [0.29, 0.717) is 32.8 Å². The molecule has 0 aliphatic rings. The fraction of sp³-hybridized carbons (Fsp3) is 0.235. The summed E-state index contributed by atoms with van der Waals surface area (Å²) in [6.45, 7) is 9.32. The van der Waals surface area contributed by atoms with Crippen molar-refractivity contribution < 1.29 is 9.53 Å². The van der Waals surface area contributed by atoms with E-state index >= 15 is 0 Å². The minimum Gasteiger partial charge on any atom is -0.479 e. The highest BCUT2D eigenvalue weighted by Crippen LogP contribution is 2.28. The van der Waals surface area contributed by atoms with Crippen LogP contribution in [0.15, 0.2) is 54.1 Å². The number of benzene rings is 1. The number of hydrogen-bond acceptors (Lipinski definition) is 2. The highest BCUT2D eigenvalue weighted by Gasteiger charge is 2.19. The smallest absolute Gasteiger partial charge is 0.261 e. The number of hydrogen-bond donors (Lipinski definition) is 1. The first kappa shape index (κ1) is 19.6. The van der Waals surface area contributed by atoms with Gasteiger partial charge in [-0.2, -0.15) is 0 Å². The molecule has 6 heteroatoms. The second-order valence-electron chi connectivity index (χ2n) is 4.64.